The number of thiazole rings is 1. The Kier molecular flexibility index (Phi) is 3.69. The molecule has 0 aliphatic rings. The van der Waals surface area contributed by atoms with Crippen molar-refractivity contribution < 1.29 is 9.52 Å². The third-order valence-electron chi connectivity index (χ3n) is 2.85. The second-order valence-electron chi connectivity index (χ2n) is 4.36. The van der Waals surface area contributed by atoms with E-state index in [2.05, 4.69) is 17.1 Å². The van der Waals surface area contributed by atoms with E-state index >= 15 is 0 Å². The van der Waals surface area contributed by atoms with E-state index in [0.717, 1.165) is 10.6 Å². The van der Waals surface area contributed by atoms with Crippen LogP contribution in [0, 0.1) is 0 Å². The first kappa shape index (κ1) is 12.7. The molecule has 0 aliphatic heterocycles. The van der Waals surface area contributed by atoms with E-state index in [-0.39, 0.29) is 5.06 Å². The van der Waals surface area contributed by atoms with Gasteiger partial charge in [0.05, 0.1) is 12.5 Å². The molecule has 0 spiro atoms. The summed E-state index contributed by atoms with van der Waals surface area (Å²) in [6.07, 6.45) is 3.34. The van der Waals surface area contributed by atoms with Crippen LogP contribution < -0.4 is 4.80 Å². The van der Waals surface area contributed by atoms with Crippen LogP contribution in [-0.4, -0.2) is 9.67 Å². The lowest BCUT2D eigenvalue weighted by Crippen LogP contribution is -2.15. The summed E-state index contributed by atoms with van der Waals surface area (Å²) >= 11 is 1.27. The summed E-state index contributed by atoms with van der Waals surface area (Å²) in [5.41, 5.74) is 1.17. The Balaban J connectivity index is 1.86. The molecule has 2 aromatic heterocycles. The summed E-state index contributed by atoms with van der Waals surface area (Å²) in [7, 11) is 0. The van der Waals surface area contributed by atoms with Crippen LogP contribution in [0.4, 0.5) is 0 Å². The minimum Gasteiger partial charge on any atom is -0.498 e. The van der Waals surface area contributed by atoms with Gasteiger partial charge in [-0.1, -0.05) is 41.7 Å². The lowest BCUT2D eigenvalue weighted by molar-refractivity contribution is 0.486. The van der Waals surface area contributed by atoms with Gasteiger partial charge >= 0.3 is 0 Å². The van der Waals surface area contributed by atoms with Gasteiger partial charge in [-0.25, -0.2) is 0 Å². The Labute approximate surface area is 120 Å². The van der Waals surface area contributed by atoms with Gasteiger partial charge in [0.15, 0.2) is 9.86 Å². The molecule has 0 fully saturated rings. The van der Waals surface area contributed by atoms with Gasteiger partial charge in [0.25, 0.3) is 0 Å². The van der Waals surface area contributed by atoms with Crippen molar-refractivity contribution in [2.75, 3.05) is 0 Å². The molecule has 20 heavy (non-hydrogen) atoms. The number of benzene rings is 1. The molecule has 2 heterocycles. The van der Waals surface area contributed by atoms with Crippen LogP contribution in [0.25, 0.3) is 0 Å². The van der Waals surface area contributed by atoms with Crippen LogP contribution in [0.1, 0.15) is 11.3 Å². The molecule has 0 unspecified atom stereocenters. The Bertz CT molecular complexity index is 727. The topological polar surface area (TPSA) is 50.7 Å². The molecule has 0 saturated heterocycles. The zero-order valence-corrected chi connectivity index (χ0v) is 11.6. The number of hydrogen-bond acceptors (Lipinski definition) is 4. The molecule has 3 rings (SSSR count). The van der Waals surface area contributed by atoms with Gasteiger partial charge in [0.1, 0.15) is 12.3 Å². The molecule has 3 aromatic rings. The van der Waals surface area contributed by atoms with E-state index < -0.39 is 0 Å². The molecule has 0 amide bonds. The molecule has 1 aromatic carbocycles. The van der Waals surface area contributed by atoms with Gasteiger partial charge in [0, 0.05) is 6.54 Å². The van der Waals surface area contributed by atoms with Crippen LogP contribution in [0.5, 0.6) is 5.06 Å². The number of nitrogens with zero attached hydrogens (tertiary/aromatic N) is 2. The van der Waals surface area contributed by atoms with Crippen molar-refractivity contribution >= 4 is 11.3 Å². The molecule has 4 nitrogen and oxygen atoms in total. The van der Waals surface area contributed by atoms with E-state index in [9.17, 15) is 5.11 Å². The molecule has 0 atom stereocenters. The average molecular weight is 286 g/mol. The normalized spacial score (nSPS) is 11.9. The standard InChI is InChI=1S/C15H14N2O2S/c18-14-11-17(10-12-5-2-1-3-6-12)15(20-14)16-9-13-7-4-8-19-13/h1-8,11,18H,9-10H2. The van der Waals surface area contributed by atoms with Crippen molar-refractivity contribution in [3.05, 3.63) is 71.0 Å². The van der Waals surface area contributed by atoms with Crippen molar-refractivity contribution in [2.24, 2.45) is 4.99 Å². The Morgan fingerprint density at radius 1 is 1.15 bits per heavy atom. The fourth-order valence-electron chi connectivity index (χ4n) is 1.93. The van der Waals surface area contributed by atoms with Gasteiger partial charge in [-0.2, -0.15) is 0 Å². The highest BCUT2D eigenvalue weighted by atomic mass is 32.1. The van der Waals surface area contributed by atoms with Crippen molar-refractivity contribution in [2.45, 2.75) is 13.1 Å². The first-order valence-corrected chi connectivity index (χ1v) is 7.09. The van der Waals surface area contributed by atoms with E-state index in [4.69, 9.17) is 4.42 Å². The lowest BCUT2D eigenvalue weighted by Gasteiger charge is -2.02. The highest BCUT2D eigenvalue weighted by Crippen LogP contribution is 2.13. The van der Waals surface area contributed by atoms with Crippen molar-refractivity contribution in [3.63, 3.8) is 0 Å². The molecule has 0 bridgehead atoms. The Morgan fingerprint density at radius 3 is 2.75 bits per heavy atom. The molecule has 102 valence electrons. The first-order valence-electron chi connectivity index (χ1n) is 6.27. The highest BCUT2D eigenvalue weighted by molar-refractivity contribution is 7.10. The third kappa shape index (κ3) is 3.00. The molecular formula is C15H14N2O2S. The summed E-state index contributed by atoms with van der Waals surface area (Å²) in [6.45, 7) is 1.16. The predicted molar refractivity (Wildman–Crippen MR) is 77.5 cm³/mol. The minimum absolute atomic E-state index is 0.263. The smallest absolute Gasteiger partial charge is 0.191 e. The number of hydrogen-bond donors (Lipinski definition) is 1. The molecule has 5 heteroatoms. The van der Waals surface area contributed by atoms with Crippen molar-refractivity contribution in [1.82, 2.24) is 4.57 Å². The fourth-order valence-corrected chi connectivity index (χ4v) is 2.66. The van der Waals surface area contributed by atoms with Crippen LogP contribution in [0.15, 0.2) is 64.3 Å². The average Bonchev–Trinajstić information content (AvgIpc) is 3.07. The summed E-state index contributed by atoms with van der Waals surface area (Å²) in [5.74, 6) is 0.809. The molecular weight excluding hydrogens is 272 g/mol. The second kappa shape index (κ2) is 5.79. The van der Waals surface area contributed by atoms with Gasteiger partial charge < -0.3 is 14.1 Å². The zero-order valence-electron chi connectivity index (χ0n) is 10.8. The van der Waals surface area contributed by atoms with Gasteiger partial charge in [-0.05, 0) is 17.7 Å². The zero-order chi connectivity index (χ0) is 13.8. The van der Waals surface area contributed by atoms with Crippen molar-refractivity contribution in [3.8, 4) is 5.06 Å². The summed E-state index contributed by atoms with van der Waals surface area (Å²) < 4.78 is 7.20. The van der Waals surface area contributed by atoms with Gasteiger partial charge in [0.2, 0.25) is 0 Å². The number of aromatic nitrogens is 1. The maximum Gasteiger partial charge on any atom is 0.191 e. The Morgan fingerprint density at radius 2 is 2.00 bits per heavy atom. The van der Waals surface area contributed by atoms with Gasteiger partial charge in [-0.3, -0.25) is 4.99 Å². The molecule has 0 saturated carbocycles. The second-order valence-corrected chi connectivity index (χ2v) is 5.35. The number of aromatic hydroxyl groups is 1. The number of rotatable bonds is 4. The fraction of sp³-hybridized carbons (Fsp3) is 0.133. The first-order chi connectivity index (χ1) is 9.81. The molecule has 0 radical (unpaired) electrons. The van der Waals surface area contributed by atoms with E-state index in [1.807, 2.05) is 34.9 Å². The summed E-state index contributed by atoms with van der Waals surface area (Å²) in [6, 6.07) is 13.8. The molecule has 0 aliphatic carbocycles. The number of furan rings is 1. The largest absolute Gasteiger partial charge is 0.498 e. The molecule has 1 N–H and O–H groups in total. The maximum atomic E-state index is 9.68. The van der Waals surface area contributed by atoms with Crippen LogP contribution in [-0.2, 0) is 13.1 Å². The van der Waals surface area contributed by atoms with Crippen LogP contribution in [0.3, 0.4) is 0 Å². The maximum absolute atomic E-state index is 9.68. The Hall–Kier alpha value is -2.27. The van der Waals surface area contributed by atoms with Gasteiger partial charge in [-0.15, -0.1) is 0 Å². The monoisotopic (exact) mass is 286 g/mol. The van der Waals surface area contributed by atoms with E-state index in [0.29, 0.717) is 13.1 Å². The predicted octanol–water partition coefficient (Wildman–Crippen LogP) is 3.00. The minimum atomic E-state index is 0.263. The lowest BCUT2D eigenvalue weighted by atomic mass is 10.2. The van der Waals surface area contributed by atoms with Crippen LogP contribution in [0.2, 0.25) is 0 Å². The highest BCUT2D eigenvalue weighted by Gasteiger charge is 2.02. The van der Waals surface area contributed by atoms with E-state index in [1.165, 1.54) is 16.9 Å². The quantitative estimate of drug-likeness (QED) is 0.801. The van der Waals surface area contributed by atoms with Crippen LogP contribution >= 0.6 is 11.3 Å². The SMILES string of the molecule is Oc1cn(Cc2ccccc2)c(=NCc2ccco2)s1. The van der Waals surface area contributed by atoms with E-state index in [1.54, 1.807) is 12.5 Å². The van der Waals surface area contributed by atoms with Crippen molar-refractivity contribution in [1.29, 1.82) is 0 Å². The summed E-state index contributed by atoms with van der Waals surface area (Å²) in [5, 5.41) is 9.95. The summed E-state index contributed by atoms with van der Waals surface area (Å²) in [4.78, 5) is 5.27. The third-order valence-corrected chi connectivity index (χ3v) is 3.71.